The highest BCUT2D eigenvalue weighted by Crippen LogP contribution is 2.31. The Morgan fingerprint density at radius 1 is 0.963 bits per heavy atom. The van der Waals surface area contributed by atoms with Gasteiger partial charge in [0.2, 0.25) is 0 Å². The SMILES string of the molecule is C[Si](C)(C)CCOCOc1c(CON2CCCCC2)ccc2ccccc12. The lowest BCUT2D eigenvalue weighted by Crippen LogP contribution is -2.29. The molecule has 2 aromatic rings. The van der Waals surface area contributed by atoms with E-state index >= 15 is 0 Å². The average Bonchev–Trinajstić information content (AvgIpc) is 2.66. The van der Waals surface area contributed by atoms with Crippen molar-refractivity contribution in [1.82, 2.24) is 5.06 Å². The van der Waals surface area contributed by atoms with Crippen LogP contribution >= 0.6 is 0 Å². The van der Waals surface area contributed by atoms with E-state index in [4.69, 9.17) is 14.3 Å². The average molecular weight is 388 g/mol. The summed E-state index contributed by atoms with van der Waals surface area (Å²) in [6, 6.07) is 13.7. The molecule has 3 rings (SSSR count). The van der Waals surface area contributed by atoms with Crippen molar-refractivity contribution in [2.75, 3.05) is 26.5 Å². The van der Waals surface area contributed by atoms with E-state index in [0.29, 0.717) is 6.61 Å². The molecule has 1 aliphatic rings. The Balaban J connectivity index is 1.65. The second-order valence-corrected chi connectivity index (χ2v) is 14.1. The van der Waals surface area contributed by atoms with Gasteiger partial charge in [-0.15, -0.1) is 0 Å². The zero-order chi connectivity index (χ0) is 19.1. The first kappa shape index (κ1) is 20.3. The molecular formula is C22H33NO3Si. The summed E-state index contributed by atoms with van der Waals surface area (Å²) in [5.41, 5.74) is 1.08. The Hall–Kier alpha value is -1.40. The van der Waals surface area contributed by atoms with E-state index < -0.39 is 8.07 Å². The molecule has 0 saturated carbocycles. The van der Waals surface area contributed by atoms with Crippen molar-refractivity contribution in [2.45, 2.75) is 51.6 Å². The number of benzene rings is 2. The molecule has 1 saturated heterocycles. The highest BCUT2D eigenvalue weighted by atomic mass is 28.3. The Bertz CT molecular complexity index is 723. The number of rotatable bonds is 9. The smallest absolute Gasteiger partial charge is 0.189 e. The van der Waals surface area contributed by atoms with Gasteiger partial charge in [0.1, 0.15) is 5.75 Å². The van der Waals surface area contributed by atoms with Gasteiger partial charge in [0, 0.05) is 38.7 Å². The van der Waals surface area contributed by atoms with E-state index in [1.54, 1.807) is 0 Å². The van der Waals surface area contributed by atoms with E-state index in [2.05, 4.69) is 61.1 Å². The first-order chi connectivity index (χ1) is 13.0. The number of fused-ring (bicyclic) bond motifs is 1. The zero-order valence-corrected chi connectivity index (χ0v) is 18.0. The van der Waals surface area contributed by atoms with Crippen LogP contribution in [0.15, 0.2) is 36.4 Å². The Morgan fingerprint density at radius 3 is 2.52 bits per heavy atom. The third kappa shape index (κ3) is 6.31. The van der Waals surface area contributed by atoms with Gasteiger partial charge in [-0.3, -0.25) is 4.84 Å². The normalized spacial score (nSPS) is 16.0. The summed E-state index contributed by atoms with van der Waals surface area (Å²) in [5, 5.41) is 4.38. The predicted molar refractivity (Wildman–Crippen MR) is 114 cm³/mol. The van der Waals surface area contributed by atoms with Crippen molar-refractivity contribution in [1.29, 1.82) is 0 Å². The third-order valence-electron chi connectivity index (χ3n) is 4.96. The number of nitrogens with zero attached hydrogens (tertiary/aromatic N) is 1. The van der Waals surface area contributed by atoms with Gasteiger partial charge < -0.3 is 9.47 Å². The van der Waals surface area contributed by atoms with Crippen molar-refractivity contribution in [3.05, 3.63) is 42.0 Å². The highest BCUT2D eigenvalue weighted by Gasteiger charge is 2.15. The van der Waals surface area contributed by atoms with Crippen LogP contribution in [0.5, 0.6) is 5.75 Å². The van der Waals surface area contributed by atoms with Crippen LogP contribution in [-0.4, -0.2) is 39.6 Å². The minimum Gasteiger partial charge on any atom is -0.467 e. The molecule has 0 aromatic heterocycles. The second-order valence-electron chi connectivity index (χ2n) is 8.52. The van der Waals surface area contributed by atoms with Crippen molar-refractivity contribution >= 4 is 18.8 Å². The van der Waals surface area contributed by atoms with E-state index in [-0.39, 0.29) is 6.79 Å². The summed E-state index contributed by atoms with van der Waals surface area (Å²) in [5.74, 6) is 0.887. The summed E-state index contributed by atoms with van der Waals surface area (Å²) in [6.07, 6.45) is 3.73. The van der Waals surface area contributed by atoms with Gasteiger partial charge in [-0.1, -0.05) is 62.5 Å². The lowest BCUT2D eigenvalue weighted by Gasteiger charge is -2.26. The minimum atomic E-state index is -1.08. The zero-order valence-electron chi connectivity index (χ0n) is 17.0. The molecule has 27 heavy (non-hydrogen) atoms. The van der Waals surface area contributed by atoms with E-state index in [1.807, 2.05) is 0 Å². The lowest BCUT2D eigenvalue weighted by atomic mass is 10.1. The maximum atomic E-state index is 6.10. The van der Waals surface area contributed by atoms with Crippen LogP contribution in [0.2, 0.25) is 25.7 Å². The topological polar surface area (TPSA) is 30.9 Å². The fourth-order valence-electron chi connectivity index (χ4n) is 3.26. The van der Waals surface area contributed by atoms with Gasteiger partial charge in [-0.05, 0) is 24.3 Å². The lowest BCUT2D eigenvalue weighted by molar-refractivity contribution is -0.178. The fraction of sp³-hybridized carbons (Fsp3) is 0.545. The van der Waals surface area contributed by atoms with Crippen LogP contribution in [-0.2, 0) is 16.2 Å². The number of hydroxylamine groups is 2. The van der Waals surface area contributed by atoms with E-state index in [1.165, 1.54) is 24.6 Å². The van der Waals surface area contributed by atoms with Gasteiger partial charge >= 0.3 is 0 Å². The highest BCUT2D eigenvalue weighted by molar-refractivity contribution is 6.76. The van der Waals surface area contributed by atoms with Gasteiger partial charge in [0.05, 0.1) is 6.61 Å². The van der Waals surface area contributed by atoms with Crippen LogP contribution < -0.4 is 4.74 Å². The molecule has 0 atom stereocenters. The molecule has 4 nitrogen and oxygen atoms in total. The summed E-state index contributed by atoms with van der Waals surface area (Å²) in [4.78, 5) is 6.05. The predicted octanol–water partition coefficient (Wildman–Crippen LogP) is 5.45. The number of hydrogen-bond donors (Lipinski definition) is 0. The first-order valence-electron chi connectivity index (χ1n) is 10.1. The number of hydrogen-bond acceptors (Lipinski definition) is 4. The molecule has 148 valence electrons. The molecule has 0 radical (unpaired) electrons. The monoisotopic (exact) mass is 387 g/mol. The van der Waals surface area contributed by atoms with Crippen LogP contribution in [0.25, 0.3) is 10.8 Å². The number of ether oxygens (including phenoxy) is 2. The largest absolute Gasteiger partial charge is 0.467 e. The molecule has 5 heteroatoms. The van der Waals surface area contributed by atoms with Gasteiger partial charge in [0.25, 0.3) is 0 Å². The summed E-state index contributed by atoms with van der Waals surface area (Å²) < 4.78 is 11.9. The molecule has 1 heterocycles. The van der Waals surface area contributed by atoms with E-state index in [9.17, 15) is 0 Å². The summed E-state index contributed by atoms with van der Waals surface area (Å²) in [6.45, 7) is 10.7. The standard InChI is InChI=1S/C22H33NO3Si/c1-27(2,3)16-15-24-18-25-22-20(17-26-23-13-7-4-8-14-23)12-11-19-9-5-6-10-21(19)22/h5-6,9-12H,4,7-8,13-18H2,1-3H3. The quantitative estimate of drug-likeness (QED) is 0.325. The molecule has 0 unspecified atom stereocenters. The van der Waals surface area contributed by atoms with Crippen molar-refractivity contribution < 1.29 is 14.3 Å². The molecule has 0 spiro atoms. The molecule has 0 bridgehead atoms. The molecule has 1 fully saturated rings. The van der Waals surface area contributed by atoms with Crippen LogP contribution in [0.3, 0.4) is 0 Å². The molecule has 0 aliphatic carbocycles. The van der Waals surface area contributed by atoms with Crippen molar-refractivity contribution in [3.8, 4) is 5.75 Å². The van der Waals surface area contributed by atoms with Gasteiger partial charge in [-0.2, -0.15) is 5.06 Å². The van der Waals surface area contributed by atoms with Crippen LogP contribution in [0.4, 0.5) is 0 Å². The Kier molecular flexibility index (Phi) is 7.30. The van der Waals surface area contributed by atoms with Crippen molar-refractivity contribution in [3.63, 3.8) is 0 Å². The van der Waals surface area contributed by atoms with Crippen LogP contribution in [0.1, 0.15) is 24.8 Å². The fourth-order valence-corrected chi connectivity index (χ4v) is 4.02. The maximum Gasteiger partial charge on any atom is 0.189 e. The Morgan fingerprint density at radius 2 is 1.74 bits per heavy atom. The second kappa shape index (κ2) is 9.69. The number of piperidine rings is 1. The first-order valence-corrected chi connectivity index (χ1v) is 13.8. The summed E-state index contributed by atoms with van der Waals surface area (Å²) >= 11 is 0. The molecule has 0 N–H and O–H groups in total. The minimum absolute atomic E-state index is 0.287. The summed E-state index contributed by atoms with van der Waals surface area (Å²) in [7, 11) is -1.08. The molecule has 0 amide bonds. The molecule has 2 aromatic carbocycles. The Labute approximate surface area is 164 Å². The maximum absolute atomic E-state index is 6.10. The molecular weight excluding hydrogens is 354 g/mol. The molecule has 1 aliphatic heterocycles. The van der Waals surface area contributed by atoms with Gasteiger partial charge in [0.15, 0.2) is 6.79 Å². The van der Waals surface area contributed by atoms with Crippen LogP contribution in [0, 0.1) is 0 Å². The van der Waals surface area contributed by atoms with E-state index in [0.717, 1.165) is 42.4 Å². The van der Waals surface area contributed by atoms with Crippen molar-refractivity contribution in [2.24, 2.45) is 0 Å². The van der Waals surface area contributed by atoms with Gasteiger partial charge in [-0.25, -0.2) is 0 Å². The third-order valence-corrected chi connectivity index (χ3v) is 6.67.